The van der Waals surface area contributed by atoms with E-state index in [1.165, 1.54) is 0 Å². The molecule has 0 bridgehead atoms. The van der Waals surface area contributed by atoms with Gasteiger partial charge in [-0.3, -0.25) is 4.90 Å². The maximum Gasteiger partial charge on any atom is 0.410 e. The third-order valence-corrected chi connectivity index (χ3v) is 3.63. The van der Waals surface area contributed by atoms with Crippen LogP contribution in [0, 0.1) is 0 Å². The second-order valence-electron chi connectivity index (χ2n) is 6.70. The van der Waals surface area contributed by atoms with Gasteiger partial charge in [0, 0.05) is 26.2 Å². The van der Waals surface area contributed by atoms with Gasteiger partial charge in [-0.05, 0) is 33.6 Å². The van der Waals surface area contributed by atoms with E-state index in [-0.39, 0.29) is 12.1 Å². The van der Waals surface area contributed by atoms with Crippen LogP contribution in [-0.2, 0) is 14.2 Å². The highest BCUT2D eigenvalue weighted by Gasteiger charge is 2.31. The van der Waals surface area contributed by atoms with E-state index in [2.05, 4.69) is 5.32 Å². The van der Waals surface area contributed by atoms with Crippen LogP contribution in [0.3, 0.4) is 0 Å². The smallest absolute Gasteiger partial charge is 0.410 e. The van der Waals surface area contributed by atoms with Gasteiger partial charge >= 0.3 is 6.09 Å². The topological polar surface area (TPSA) is 60.0 Å². The zero-order chi connectivity index (χ0) is 15.3. The minimum Gasteiger partial charge on any atom is -0.444 e. The van der Waals surface area contributed by atoms with E-state index in [1.54, 1.807) is 4.90 Å². The molecule has 1 amide bonds. The zero-order valence-electron chi connectivity index (χ0n) is 13.4. The summed E-state index contributed by atoms with van der Waals surface area (Å²) in [5.74, 6) is 0. The van der Waals surface area contributed by atoms with Crippen LogP contribution in [-0.4, -0.2) is 68.2 Å². The highest BCUT2D eigenvalue weighted by Crippen LogP contribution is 2.15. The fourth-order valence-corrected chi connectivity index (χ4v) is 2.60. The maximum absolute atomic E-state index is 12.2. The zero-order valence-corrected chi connectivity index (χ0v) is 13.4. The average molecular weight is 300 g/mol. The molecule has 21 heavy (non-hydrogen) atoms. The predicted molar refractivity (Wildman–Crippen MR) is 79.4 cm³/mol. The lowest BCUT2D eigenvalue weighted by Crippen LogP contribution is -2.54. The molecule has 0 aliphatic carbocycles. The lowest BCUT2D eigenvalue weighted by Gasteiger charge is -2.36. The van der Waals surface area contributed by atoms with E-state index in [9.17, 15) is 4.79 Å². The summed E-state index contributed by atoms with van der Waals surface area (Å²) in [7, 11) is 0. The van der Waals surface area contributed by atoms with Gasteiger partial charge in [0.1, 0.15) is 5.60 Å². The highest BCUT2D eigenvalue weighted by atomic mass is 16.6. The summed E-state index contributed by atoms with van der Waals surface area (Å²) in [6.07, 6.45) is 2.31. The van der Waals surface area contributed by atoms with E-state index in [0.29, 0.717) is 32.4 Å². The van der Waals surface area contributed by atoms with Crippen LogP contribution in [0.25, 0.3) is 0 Å². The van der Waals surface area contributed by atoms with Gasteiger partial charge in [0.05, 0.1) is 25.4 Å². The van der Waals surface area contributed by atoms with Crippen molar-refractivity contribution in [2.24, 2.45) is 0 Å². The summed E-state index contributed by atoms with van der Waals surface area (Å²) < 4.78 is 16.5. The standard InChI is InChI=1S/C15H28N2O4/c1-15(2,3)21-14(18)17-6-8-19-11-12(17)9-16-10-13-5-4-7-20-13/h12-13,16H,4-11H2,1-3H3. The van der Waals surface area contributed by atoms with Crippen LogP contribution in [0.1, 0.15) is 33.6 Å². The monoisotopic (exact) mass is 300 g/mol. The van der Waals surface area contributed by atoms with Crippen LogP contribution in [0.2, 0.25) is 0 Å². The normalized spacial score (nSPS) is 26.9. The molecule has 2 unspecified atom stereocenters. The number of morpholine rings is 1. The molecule has 2 heterocycles. The van der Waals surface area contributed by atoms with E-state index in [0.717, 1.165) is 26.0 Å². The summed E-state index contributed by atoms with van der Waals surface area (Å²) in [6.45, 7) is 9.77. The Morgan fingerprint density at radius 2 is 2.14 bits per heavy atom. The molecule has 2 saturated heterocycles. The molecule has 0 aromatic rings. The Morgan fingerprint density at radius 3 is 2.81 bits per heavy atom. The van der Waals surface area contributed by atoms with Crippen molar-refractivity contribution in [1.29, 1.82) is 0 Å². The lowest BCUT2D eigenvalue weighted by atomic mass is 10.2. The van der Waals surface area contributed by atoms with Crippen LogP contribution in [0.4, 0.5) is 4.79 Å². The van der Waals surface area contributed by atoms with Gasteiger partial charge in [0.15, 0.2) is 0 Å². The number of nitrogens with one attached hydrogen (secondary N) is 1. The molecule has 0 saturated carbocycles. The van der Waals surface area contributed by atoms with E-state index in [1.807, 2.05) is 20.8 Å². The molecule has 0 spiro atoms. The number of amides is 1. The Labute approximate surface area is 127 Å². The summed E-state index contributed by atoms with van der Waals surface area (Å²) in [5.41, 5.74) is -0.467. The van der Waals surface area contributed by atoms with Gasteiger partial charge in [0.25, 0.3) is 0 Å². The third kappa shape index (κ3) is 5.45. The van der Waals surface area contributed by atoms with Crippen molar-refractivity contribution in [1.82, 2.24) is 10.2 Å². The molecule has 2 aliphatic rings. The number of carbonyl (C=O) groups excluding carboxylic acids is 1. The maximum atomic E-state index is 12.2. The SMILES string of the molecule is CC(C)(C)OC(=O)N1CCOCC1CNCC1CCCO1. The van der Waals surface area contributed by atoms with Gasteiger partial charge in [-0.25, -0.2) is 4.79 Å². The van der Waals surface area contributed by atoms with Crippen LogP contribution in [0.5, 0.6) is 0 Å². The van der Waals surface area contributed by atoms with Crippen molar-refractivity contribution in [3.05, 3.63) is 0 Å². The molecule has 2 fully saturated rings. The molecule has 2 aliphatic heterocycles. The van der Waals surface area contributed by atoms with Crippen LogP contribution >= 0.6 is 0 Å². The van der Waals surface area contributed by atoms with Gasteiger partial charge < -0.3 is 19.5 Å². The molecule has 2 atom stereocenters. The Morgan fingerprint density at radius 1 is 1.33 bits per heavy atom. The Balaban J connectivity index is 1.79. The number of rotatable bonds is 4. The predicted octanol–water partition coefficient (Wildman–Crippen LogP) is 1.39. The molecular weight excluding hydrogens is 272 g/mol. The molecule has 0 aromatic carbocycles. The fourth-order valence-electron chi connectivity index (χ4n) is 2.60. The minimum atomic E-state index is -0.467. The van der Waals surface area contributed by atoms with Crippen LogP contribution < -0.4 is 5.32 Å². The first-order chi connectivity index (χ1) is 9.96. The van der Waals surface area contributed by atoms with E-state index in [4.69, 9.17) is 14.2 Å². The van der Waals surface area contributed by atoms with Crippen LogP contribution in [0.15, 0.2) is 0 Å². The van der Waals surface area contributed by atoms with E-state index >= 15 is 0 Å². The van der Waals surface area contributed by atoms with Gasteiger partial charge in [-0.15, -0.1) is 0 Å². The number of nitrogens with zero attached hydrogens (tertiary/aromatic N) is 1. The summed E-state index contributed by atoms with van der Waals surface area (Å²) in [6, 6.07) is 0.0232. The molecule has 0 aromatic heterocycles. The average Bonchev–Trinajstić information content (AvgIpc) is 2.90. The molecule has 1 N–H and O–H groups in total. The number of ether oxygens (including phenoxy) is 3. The quantitative estimate of drug-likeness (QED) is 0.850. The number of carbonyl (C=O) groups is 1. The van der Waals surface area contributed by atoms with Crippen molar-refractivity contribution in [2.75, 3.05) is 39.5 Å². The van der Waals surface area contributed by atoms with Gasteiger partial charge in [0.2, 0.25) is 0 Å². The Kier molecular flexibility index (Phi) is 5.84. The van der Waals surface area contributed by atoms with Crippen molar-refractivity contribution < 1.29 is 19.0 Å². The molecule has 2 rings (SSSR count). The molecule has 6 heteroatoms. The molecule has 6 nitrogen and oxygen atoms in total. The largest absolute Gasteiger partial charge is 0.444 e. The van der Waals surface area contributed by atoms with Crippen molar-refractivity contribution in [3.8, 4) is 0 Å². The first kappa shape index (κ1) is 16.5. The number of hydrogen-bond acceptors (Lipinski definition) is 5. The second kappa shape index (κ2) is 7.42. The first-order valence-corrected chi connectivity index (χ1v) is 7.85. The van der Waals surface area contributed by atoms with Crippen molar-refractivity contribution in [3.63, 3.8) is 0 Å². The molecule has 122 valence electrons. The highest BCUT2D eigenvalue weighted by molar-refractivity contribution is 5.68. The van der Waals surface area contributed by atoms with E-state index < -0.39 is 5.60 Å². The molecule has 0 radical (unpaired) electrons. The van der Waals surface area contributed by atoms with Gasteiger partial charge in [-0.2, -0.15) is 0 Å². The van der Waals surface area contributed by atoms with Crippen molar-refractivity contribution in [2.45, 2.75) is 51.4 Å². The molecular formula is C15H28N2O4. The summed E-state index contributed by atoms with van der Waals surface area (Å²) >= 11 is 0. The van der Waals surface area contributed by atoms with Crippen molar-refractivity contribution >= 4 is 6.09 Å². The lowest BCUT2D eigenvalue weighted by molar-refractivity contribution is -0.0322. The fraction of sp³-hybridized carbons (Fsp3) is 0.933. The summed E-state index contributed by atoms with van der Waals surface area (Å²) in [4.78, 5) is 14.0. The second-order valence-corrected chi connectivity index (χ2v) is 6.70. The third-order valence-electron chi connectivity index (χ3n) is 3.63. The minimum absolute atomic E-state index is 0.0232. The summed E-state index contributed by atoms with van der Waals surface area (Å²) in [5, 5.41) is 3.39. The number of hydrogen-bond donors (Lipinski definition) is 1. The Bertz CT molecular complexity index is 337. The van der Waals surface area contributed by atoms with Gasteiger partial charge in [-0.1, -0.05) is 0 Å². The Hall–Kier alpha value is -0.850. The first-order valence-electron chi connectivity index (χ1n) is 7.85.